The minimum Gasteiger partial charge on any atom is -0.481 e. The second kappa shape index (κ2) is 5.90. The molecule has 0 atom stereocenters. The molecule has 0 spiro atoms. The molecular formula is C12H15NO3. The summed E-state index contributed by atoms with van der Waals surface area (Å²) < 4.78 is 0. The van der Waals surface area contributed by atoms with E-state index in [1.807, 2.05) is 24.3 Å². The summed E-state index contributed by atoms with van der Waals surface area (Å²) in [4.78, 5) is 21.3. The van der Waals surface area contributed by atoms with Crippen molar-refractivity contribution in [3.63, 3.8) is 0 Å². The van der Waals surface area contributed by atoms with Gasteiger partial charge in [0.15, 0.2) is 0 Å². The quantitative estimate of drug-likeness (QED) is 0.788. The van der Waals surface area contributed by atoms with E-state index in [4.69, 9.17) is 5.11 Å². The molecule has 0 bridgehead atoms. The minimum absolute atomic E-state index is 0.0898. The molecule has 86 valence electrons. The lowest BCUT2D eigenvalue weighted by Gasteiger charge is -2.08. The summed E-state index contributed by atoms with van der Waals surface area (Å²) in [5.41, 5.74) is 1.94. The molecule has 0 saturated heterocycles. The molecule has 0 saturated carbocycles. The zero-order chi connectivity index (χ0) is 12.0. The number of carbonyl (C=O) groups excluding carboxylic acids is 1. The van der Waals surface area contributed by atoms with Crippen LogP contribution in [0.5, 0.6) is 0 Å². The molecule has 4 heteroatoms. The Hall–Kier alpha value is -1.84. The van der Waals surface area contributed by atoms with Crippen LogP contribution in [-0.2, 0) is 22.6 Å². The lowest BCUT2D eigenvalue weighted by Crippen LogP contribution is -2.19. The number of benzene rings is 1. The number of hydrogen-bond donors (Lipinski definition) is 2. The van der Waals surface area contributed by atoms with E-state index in [-0.39, 0.29) is 12.3 Å². The first kappa shape index (κ1) is 12.2. The number of carboxylic acid groups (broad SMARTS) is 1. The molecule has 1 rings (SSSR count). The van der Waals surface area contributed by atoms with Crippen LogP contribution >= 0.6 is 0 Å². The molecule has 1 amide bonds. The van der Waals surface area contributed by atoms with Crippen molar-refractivity contribution in [2.24, 2.45) is 0 Å². The van der Waals surface area contributed by atoms with E-state index in [1.54, 1.807) is 0 Å². The largest absolute Gasteiger partial charge is 0.481 e. The Morgan fingerprint density at radius 1 is 1.25 bits per heavy atom. The molecule has 1 aromatic carbocycles. The van der Waals surface area contributed by atoms with Gasteiger partial charge in [-0.15, -0.1) is 0 Å². The number of rotatable bonds is 5. The van der Waals surface area contributed by atoms with Crippen LogP contribution in [0.25, 0.3) is 0 Å². The van der Waals surface area contributed by atoms with Crippen molar-refractivity contribution in [2.45, 2.75) is 26.3 Å². The normalized spacial score (nSPS) is 9.81. The van der Waals surface area contributed by atoms with E-state index in [2.05, 4.69) is 5.32 Å². The fourth-order valence-electron chi connectivity index (χ4n) is 1.44. The van der Waals surface area contributed by atoms with E-state index >= 15 is 0 Å². The highest BCUT2D eigenvalue weighted by atomic mass is 16.4. The second-order valence-electron chi connectivity index (χ2n) is 3.57. The monoisotopic (exact) mass is 221 g/mol. The zero-order valence-corrected chi connectivity index (χ0v) is 9.19. The number of amides is 1. The van der Waals surface area contributed by atoms with Gasteiger partial charge in [-0.1, -0.05) is 24.3 Å². The molecule has 0 aliphatic carbocycles. The first-order valence-corrected chi connectivity index (χ1v) is 5.12. The van der Waals surface area contributed by atoms with Gasteiger partial charge in [0.25, 0.3) is 0 Å². The van der Waals surface area contributed by atoms with Gasteiger partial charge in [0.1, 0.15) is 0 Å². The minimum atomic E-state index is -0.811. The van der Waals surface area contributed by atoms with Crippen LogP contribution in [0.2, 0.25) is 0 Å². The summed E-state index contributed by atoms with van der Waals surface area (Å²) in [6.45, 7) is 1.91. The van der Waals surface area contributed by atoms with Gasteiger partial charge in [-0.2, -0.15) is 0 Å². The first-order valence-electron chi connectivity index (χ1n) is 5.12. The average Bonchev–Trinajstić information content (AvgIpc) is 2.24. The van der Waals surface area contributed by atoms with E-state index in [9.17, 15) is 9.59 Å². The van der Waals surface area contributed by atoms with E-state index in [1.165, 1.54) is 6.92 Å². The van der Waals surface area contributed by atoms with Gasteiger partial charge in [0.05, 0.1) is 0 Å². The van der Waals surface area contributed by atoms with Crippen LogP contribution in [-0.4, -0.2) is 17.0 Å². The number of aryl methyl sites for hydroxylation is 1. The average molecular weight is 221 g/mol. The second-order valence-corrected chi connectivity index (χ2v) is 3.57. The molecule has 0 radical (unpaired) electrons. The Morgan fingerprint density at radius 3 is 2.44 bits per heavy atom. The maximum atomic E-state index is 10.8. The van der Waals surface area contributed by atoms with E-state index in [0.29, 0.717) is 13.0 Å². The van der Waals surface area contributed by atoms with Gasteiger partial charge >= 0.3 is 5.97 Å². The van der Waals surface area contributed by atoms with Gasteiger partial charge in [-0.3, -0.25) is 9.59 Å². The third kappa shape index (κ3) is 4.13. The molecule has 0 heterocycles. The smallest absolute Gasteiger partial charge is 0.303 e. The van der Waals surface area contributed by atoms with Crippen molar-refractivity contribution < 1.29 is 14.7 Å². The summed E-state index contributed by atoms with van der Waals surface area (Å²) in [6, 6.07) is 7.53. The summed E-state index contributed by atoms with van der Waals surface area (Å²) in [5.74, 6) is -0.901. The summed E-state index contributed by atoms with van der Waals surface area (Å²) >= 11 is 0. The fourth-order valence-corrected chi connectivity index (χ4v) is 1.44. The van der Waals surface area contributed by atoms with Crippen LogP contribution in [0.3, 0.4) is 0 Å². The molecule has 0 fully saturated rings. The highest BCUT2D eigenvalue weighted by Gasteiger charge is 2.04. The molecule has 0 aromatic heterocycles. The third-order valence-electron chi connectivity index (χ3n) is 2.25. The Kier molecular flexibility index (Phi) is 4.51. The standard InChI is InChI=1S/C12H15NO3/c1-9(14)13-8-11-5-3-2-4-10(11)6-7-12(15)16/h2-5H,6-8H2,1H3,(H,13,14)(H,15,16). The Morgan fingerprint density at radius 2 is 1.88 bits per heavy atom. The number of carbonyl (C=O) groups is 2. The van der Waals surface area contributed by atoms with Gasteiger partial charge in [-0.05, 0) is 17.5 Å². The van der Waals surface area contributed by atoms with Gasteiger partial charge in [-0.25, -0.2) is 0 Å². The lowest BCUT2D eigenvalue weighted by atomic mass is 10.0. The molecule has 0 aliphatic heterocycles. The van der Waals surface area contributed by atoms with Crippen molar-refractivity contribution in [1.82, 2.24) is 5.32 Å². The molecular weight excluding hydrogens is 206 g/mol. The number of carboxylic acids is 1. The van der Waals surface area contributed by atoms with Gasteiger partial charge < -0.3 is 10.4 Å². The molecule has 4 nitrogen and oxygen atoms in total. The Labute approximate surface area is 94.3 Å². The highest BCUT2D eigenvalue weighted by molar-refractivity contribution is 5.72. The Bertz CT molecular complexity index is 351. The number of hydrogen-bond acceptors (Lipinski definition) is 2. The van der Waals surface area contributed by atoms with E-state index < -0.39 is 5.97 Å². The molecule has 0 aliphatic rings. The van der Waals surface area contributed by atoms with Crippen molar-refractivity contribution >= 4 is 11.9 Å². The predicted molar refractivity (Wildman–Crippen MR) is 59.9 cm³/mol. The number of nitrogens with one attached hydrogen (secondary N) is 1. The zero-order valence-electron chi connectivity index (χ0n) is 9.19. The fraction of sp³-hybridized carbons (Fsp3) is 0.333. The van der Waals surface area contributed by atoms with E-state index in [0.717, 1.165) is 11.1 Å². The third-order valence-corrected chi connectivity index (χ3v) is 2.25. The number of aliphatic carboxylic acids is 1. The summed E-state index contributed by atoms with van der Waals surface area (Å²) in [7, 11) is 0. The van der Waals surface area contributed by atoms with Gasteiger partial charge in [0.2, 0.25) is 5.91 Å². The predicted octanol–water partition coefficient (Wildman–Crippen LogP) is 1.34. The van der Waals surface area contributed by atoms with Crippen molar-refractivity contribution in [2.75, 3.05) is 0 Å². The van der Waals surface area contributed by atoms with Crippen LogP contribution in [0.15, 0.2) is 24.3 Å². The molecule has 1 aromatic rings. The summed E-state index contributed by atoms with van der Waals surface area (Å²) in [6.07, 6.45) is 0.599. The molecule has 16 heavy (non-hydrogen) atoms. The Balaban J connectivity index is 2.67. The SMILES string of the molecule is CC(=O)NCc1ccccc1CCC(=O)O. The topological polar surface area (TPSA) is 66.4 Å². The van der Waals surface area contributed by atoms with Crippen LogP contribution in [0.4, 0.5) is 0 Å². The first-order chi connectivity index (χ1) is 7.59. The van der Waals surface area contributed by atoms with Crippen molar-refractivity contribution in [1.29, 1.82) is 0 Å². The van der Waals surface area contributed by atoms with Crippen molar-refractivity contribution in [3.8, 4) is 0 Å². The molecule has 0 unspecified atom stereocenters. The molecule has 2 N–H and O–H groups in total. The van der Waals surface area contributed by atoms with Crippen LogP contribution in [0.1, 0.15) is 24.5 Å². The van der Waals surface area contributed by atoms with Crippen LogP contribution < -0.4 is 5.32 Å². The maximum absolute atomic E-state index is 10.8. The lowest BCUT2D eigenvalue weighted by molar-refractivity contribution is -0.137. The summed E-state index contributed by atoms with van der Waals surface area (Å²) in [5, 5.41) is 11.3. The maximum Gasteiger partial charge on any atom is 0.303 e. The van der Waals surface area contributed by atoms with Crippen LogP contribution in [0, 0.1) is 0 Å². The van der Waals surface area contributed by atoms with Crippen molar-refractivity contribution in [3.05, 3.63) is 35.4 Å². The van der Waals surface area contributed by atoms with Gasteiger partial charge in [0, 0.05) is 19.9 Å². The highest BCUT2D eigenvalue weighted by Crippen LogP contribution is 2.10.